The van der Waals surface area contributed by atoms with Crippen molar-refractivity contribution in [1.82, 2.24) is 9.55 Å². The van der Waals surface area contributed by atoms with E-state index in [1.165, 1.54) is 26.2 Å². The molecule has 1 aliphatic rings. The summed E-state index contributed by atoms with van der Waals surface area (Å²) in [5.41, 5.74) is 2.04. The number of aromatic nitrogens is 2. The number of rotatable bonds is 5. The monoisotopic (exact) mass is 421 g/mol. The minimum absolute atomic E-state index is 0.0998. The van der Waals surface area contributed by atoms with Crippen molar-refractivity contribution in [3.63, 3.8) is 0 Å². The lowest BCUT2D eigenvalue weighted by Crippen LogP contribution is -2.30. The van der Waals surface area contributed by atoms with Crippen LogP contribution in [-0.4, -0.2) is 34.6 Å². The molecule has 2 aromatic carbocycles. The fraction of sp³-hybridized carbons (Fsp3) is 0.304. The van der Waals surface area contributed by atoms with Crippen LogP contribution >= 0.6 is 0 Å². The van der Waals surface area contributed by atoms with E-state index < -0.39 is 18.0 Å². The van der Waals surface area contributed by atoms with E-state index in [2.05, 4.69) is 10.3 Å². The van der Waals surface area contributed by atoms with Gasteiger partial charge in [-0.1, -0.05) is 6.07 Å². The van der Waals surface area contributed by atoms with Crippen LogP contribution < -0.4 is 15.6 Å². The van der Waals surface area contributed by atoms with E-state index in [4.69, 9.17) is 9.47 Å². The number of hydrogen-bond acceptors (Lipinski definition) is 6. The van der Waals surface area contributed by atoms with Crippen molar-refractivity contribution in [2.24, 2.45) is 0 Å². The number of nitrogens with one attached hydrogen (secondary N) is 1. The maximum absolute atomic E-state index is 12.6. The number of aryl methyl sites for hydroxylation is 2. The Balaban J connectivity index is 1.50. The van der Waals surface area contributed by atoms with Crippen LogP contribution in [0.25, 0.3) is 10.9 Å². The Morgan fingerprint density at radius 2 is 2.00 bits per heavy atom. The molecule has 1 N–H and O–H groups in total. The zero-order chi connectivity index (χ0) is 22.1. The van der Waals surface area contributed by atoms with Gasteiger partial charge in [0.15, 0.2) is 6.10 Å². The first kappa shape index (κ1) is 20.6. The molecule has 1 amide bonds. The van der Waals surface area contributed by atoms with Gasteiger partial charge in [-0.3, -0.25) is 14.2 Å². The normalized spacial score (nSPS) is 13.5. The van der Waals surface area contributed by atoms with Crippen molar-refractivity contribution in [2.45, 2.75) is 39.3 Å². The minimum atomic E-state index is -1.04. The number of carbonyl (C=O) groups is 2. The van der Waals surface area contributed by atoms with Gasteiger partial charge in [0.25, 0.3) is 11.5 Å². The number of hydrogen-bond donors (Lipinski definition) is 1. The molecule has 0 saturated carbocycles. The Morgan fingerprint density at radius 1 is 1.19 bits per heavy atom. The van der Waals surface area contributed by atoms with Crippen LogP contribution in [0.4, 0.5) is 5.69 Å². The van der Waals surface area contributed by atoms with Crippen molar-refractivity contribution < 1.29 is 19.1 Å². The molecule has 0 aliphatic carbocycles. The molecule has 4 rings (SSSR count). The Labute approximate surface area is 178 Å². The van der Waals surface area contributed by atoms with Crippen LogP contribution in [0.3, 0.4) is 0 Å². The third-order valence-electron chi connectivity index (χ3n) is 5.32. The van der Waals surface area contributed by atoms with E-state index in [-0.39, 0.29) is 11.1 Å². The molecular weight excluding hydrogens is 398 g/mol. The van der Waals surface area contributed by atoms with Gasteiger partial charge in [-0.15, -0.1) is 0 Å². The van der Waals surface area contributed by atoms with Gasteiger partial charge in [-0.25, -0.2) is 9.78 Å². The Hall–Kier alpha value is -3.68. The Morgan fingerprint density at radius 3 is 2.77 bits per heavy atom. The van der Waals surface area contributed by atoms with Gasteiger partial charge >= 0.3 is 5.97 Å². The number of methoxy groups -OCH3 is 1. The number of amides is 1. The second-order valence-corrected chi connectivity index (χ2v) is 7.56. The molecule has 0 radical (unpaired) electrons. The van der Waals surface area contributed by atoms with Gasteiger partial charge in [0, 0.05) is 13.0 Å². The van der Waals surface area contributed by atoms with Crippen molar-refractivity contribution in [3.8, 4) is 5.75 Å². The highest BCUT2D eigenvalue weighted by Gasteiger charge is 2.22. The van der Waals surface area contributed by atoms with Crippen molar-refractivity contribution >= 4 is 28.5 Å². The number of ether oxygens (including phenoxy) is 2. The first-order chi connectivity index (χ1) is 14.9. The fourth-order valence-electron chi connectivity index (χ4n) is 3.65. The second-order valence-electron chi connectivity index (χ2n) is 7.56. The molecule has 1 atom stereocenters. The number of anilines is 1. The maximum Gasteiger partial charge on any atom is 0.338 e. The predicted molar refractivity (Wildman–Crippen MR) is 116 cm³/mol. The van der Waals surface area contributed by atoms with Gasteiger partial charge in [0.1, 0.15) is 11.6 Å². The summed E-state index contributed by atoms with van der Waals surface area (Å²) in [6.45, 7) is 4.06. The Kier molecular flexibility index (Phi) is 5.46. The zero-order valence-electron chi connectivity index (χ0n) is 17.6. The fourth-order valence-corrected chi connectivity index (χ4v) is 3.65. The molecule has 2 heterocycles. The number of nitrogens with zero attached hydrogens (tertiary/aromatic N) is 2. The van der Waals surface area contributed by atoms with Gasteiger partial charge < -0.3 is 14.8 Å². The molecule has 1 aliphatic heterocycles. The van der Waals surface area contributed by atoms with Gasteiger partial charge in [-0.05, 0) is 56.2 Å². The average molecular weight is 421 g/mol. The van der Waals surface area contributed by atoms with Crippen molar-refractivity contribution in [2.75, 3.05) is 12.4 Å². The SMILES string of the molecule is COc1ccc(C)cc1NC(=O)[C@@H](C)OC(=O)c1ccc2c(=O)n3c(nc2c1)CCC3. The molecule has 8 heteroatoms. The summed E-state index contributed by atoms with van der Waals surface area (Å²) in [5, 5.41) is 3.18. The quantitative estimate of drug-likeness (QED) is 0.636. The van der Waals surface area contributed by atoms with Crippen LogP contribution in [-0.2, 0) is 22.5 Å². The molecule has 3 aromatic rings. The number of fused-ring (bicyclic) bond motifs is 2. The number of carbonyl (C=O) groups excluding carboxylic acids is 2. The van der Waals surface area contributed by atoms with Gasteiger partial charge in [0.2, 0.25) is 0 Å². The lowest BCUT2D eigenvalue weighted by atomic mass is 10.1. The molecule has 31 heavy (non-hydrogen) atoms. The molecule has 0 unspecified atom stereocenters. The van der Waals surface area contributed by atoms with E-state index in [1.54, 1.807) is 22.8 Å². The summed E-state index contributed by atoms with van der Waals surface area (Å²) in [4.78, 5) is 42.2. The van der Waals surface area contributed by atoms with E-state index in [9.17, 15) is 14.4 Å². The first-order valence-electron chi connectivity index (χ1n) is 10.1. The van der Waals surface area contributed by atoms with E-state index >= 15 is 0 Å². The molecule has 0 bridgehead atoms. The largest absolute Gasteiger partial charge is 0.495 e. The Bertz CT molecular complexity index is 1250. The molecule has 0 spiro atoms. The van der Waals surface area contributed by atoms with Crippen LogP contribution in [0.2, 0.25) is 0 Å². The van der Waals surface area contributed by atoms with E-state index in [0.29, 0.717) is 28.9 Å². The topological polar surface area (TPSA) is 99.5 Å². The summed E-state index contributed by atoms with van der Waals surface area (Å²) >= 11 is 0. The maximum atomic E-state index is 12.6. The highest BCUT2D eigenvalue weighted by Crippen LogP contribution is 2.25. The number of benzene rings is 2. The highest BCUT2D eigenvalue weighted by molar-refractivity contribution is 5.99. The van der Waals surface area contributed by atoms with E-state index in [1.807, 2.05) is 13.0 Å². The summed E-state index contributed by atoms with van der Waals surface area (Å²) in [6.07, 6.45) is 0.581. The molecule has 0 saturated heterocycles. The second kappa shape index (κ2) is 8.22. The molecule has 160 valence electrons. The van der Waals surface area contributed by atoms with Gasteiger partial charge in [-0.2, -0.15) is 0 Å². The predicted octanol–water partition coefficient (Wildman–Crippen LogP) is 2.84. The van der Waals surface area contributed by atoms with Crippen molar-refractivity contribution in [3.05, 3.63) is 63.7 Å². The standard InChI is InChI=1S/C23H23N3O5/c1-13-6-9-19(30-3)18(11-13)25-21(27)14(2)31-23(29)15-7-8-16-17(12-15)24-20-5-4-10-26(20)22(16)28/h6-9,11-12,14H,4-5,10H2,1-3H3,(H,25,27)/t14-/m1/s1. The van der Waals surface area contributed by atoms with Crippen LogP contribution in [0, 0.1) is 6.92 Å². The molecule has 1 aromatic heterocycles. The summed E-state index contributed by atoms with van der Waals surface area (Å²) in [5.74, 6) is 0.0927. The number of esters is 1. The smallest absolute Gasteiger partial charge is 0.338 e. The third kappa shape index (κ3) is 4.01. The van der Waals surface area contributed by atoms with Crippen LogP contribution in [0.1, 0.15) is 35.1 Å². The summed E-state index contributed by atoms with van der Waals surface area (Å²) in [6, 6.07) is 10.0. The molecule has 0 fully saturated rings. The average Bonchev–Trinajstić information content (AvgIpc) is 3.22. The van der Waals surface area contributed by atoms with E-state index in [0.717, 1.165) is 24.2 Å². The third-order valence-corrected chi connectivity index (χ3v) is 5.32. The first-order valence-corrected chi connectivity index (χ1v) is 10.1. The molecule has 8 nitrogen and oxygen atoms in total. The lowest BCUT2D eigenvalue weighted by molar-refractivity contribution is -0.123. The molecular formula is C23H23N3O5. The van der Waals surface area contributed by atoms with Crippen molar-refractivity contribution in [1.29, 1.82) is 0 Å². The van der Waals surface area contributed by atoms with Crippen LogP contribution in [0.5, 0.6) is 5.75 Å². The minimum Gasteiger partial charge on any atom is -0.495 e. The lowest BCUT2D eigenvalue weighted by Gasteiger charge is -2.16. The van der Waals surface area contributed by atoms with Crippen LogP contribution in [0.15, 0.2) is 41.2 Å². The van der Waals surface area contributed by atoms with Gasteiger partial charge in [0.05, 0.1) is 29.3 Å². The zero-order valence-corrected chi connectivity index (χ0v) is 17.6. The summed E-state index contributed by atoms with van der Waals surface area (Å²) in [7, 11) is 1.51. The summed E-state index contributed by atoms with van der Waals surface area (Å²) < 4.78 is 12.3. The highest BCUT2D eigenvalue weighted by atomic mass is 16.5.